The van der Waals surface area contributed by atoms with Gasteiger partial charge < -0.3 is 14.5 Å². The summed E-state index contributed by atoms with van der Waals surface area (Å²) in [5.74, 6) is -1.29. The lowest BCUT2D eigenvalue weighted by Crippen LogP contribution is -2.46. The van der Waals surface area contributed by atoms with Gasteiger partial charge in [-0.2, -0.15) is 0 Å². The van der Waals surface area contributed by atoms with Gasteiger partial charge in [0.2, 0.25) is 0 Å². The number of hydrogen-bond donors (Lipinski definition) is 0. The number of imide groups is 1. The summed E-state index contributed by atoms with van der Waals surface area (Å²) in [6, 6.07) is 22.2. The van der Waals surface area contributed by atoms with Gasteiger partial charge in [-0.3, -0.25) is 14.5 Å². The fraction of sp³-hybridized carbons (Fsp3) is 0.185. The Balaban J connectivity index is 1.11. The molecule has 2 aliphatic rings. The van der Waals surface area contributed by atoms with Gasteiger partial charge in [-0.15, -0.1) is 0 Å². The maximum Gasteiger partial charge on any atom is 0.331 e. The van der Waals surface area contributed by atoms with Gasteiger partial charge in [0.1, 0.15) is 12.3 Å². The fourth-order valence-corrected chi connectivity index (χ4v) is 5.61. The maximum absolute atomic E-state index is 12.6. The number of fused-ring (bicyclic) bond motifs is 2. The van der Waals surface area contributed by atoms with E-state index in [2.05, 4.69) is 34.1 Å². The molecule has 8 nitrogen and oxygen atoms in total. The second-order valence-electron chi connectivity index (χ2n) is 8.65. The van der Waals surface area contributed by atoms with Crippen molar-refractivity contribution in [2.24, 2.45) is 0 Å². The standard InChI is InChI=1S/C27H22N4O4S/c32-24(17-31-25(33)20-8-4-5-9-21(20)26(31)34)35-19-10-11-22-23(16-19)36-27(28-22)30-14-12-29(13-15-30)18-6-2-1-3-7-18/h1-11,16H,12-15,17H2. The minimum absolute atomic E-state index is 0.304. The average molecular weight is 499 g/mol. The molecule has 1 saturated heterocycles. The molecule has 0 N–H and O–H groups in total. The van der Waals surface area contributed by atoms with E-state index in [4.69, 9.17) is 9.72 Å². The van der Waals surface area contributed by atoms with Gasteiger partial charge in [0.15, 0.2) is 5.13 Å². The first-order valence-electron chi connectivity index (χ1n) is 11.7. The van der Waals surface area contributed by atoms with E-state index in [9.17, 15) is 14.4 Å². The van der Waals surface area contributed by atoms with E-state index in [-0.39, 0.29) is 0 Å². The molecule has 180 valence electrons. The third-order valence-electron chi connectivity index (χ3n) is 6.42. The van der Waals surface area contributed by atoms with Crippen LogP contribution in [0.4, 0.5) is 10.8 Å². The monoisotopic (exact) mass is 498 g/mol. The SMILES string of the molecule is O=C(CN1C(=O)c2ccccc2C1=O)Oc1ccc2nc(N3CCN(c4ccccc4)CC3)sc2c1. The second kappa shape index (κ2) is 9.09. The Morgan fingerprint density at radius 1 is 0.833 bits per heavy atom. The molecule has 0 atom stereocenters. The zero-order valence-electron chi connectivity index (χ0n) is 19.3. The number of para-hydroxylation sites is 1. The molecule has 9 heteroatoms. The lowest BCUT2D eigenvalue weighted by molar-refractivity contribution is -0.134. The van der Waals surface area contributed by atoms with Gasteiger partial charge in [-0.1, -0.05) is 41.7 Å². The molecule has 0 unspecified atom stereocenters. The van der Waals surface area contributed by atoms with E-state index >= 15 is 0 Å². The van der Waals surface area contributed by atoms with Gasteiger partial charge in [-0.05, 0) is 36.4 Å². The molecule has 2 amide bonds. The number of carbonyl (C=O) groups excluding carboxylic acids is 3. The van der Waals surface area contributed by atoms with E-state index in [1.54, 1.807) is 47.7 Å². The molecule has 0 spiro atoms. The van der Waals surface area contributed by atoms with Crippen molar-refractivity contribution in [3.05, 3.63) is 83.9 Å². The summed E-state index contributed by atoms with van der Waals surface area (Å²) in [5, 5.41) is 0.937. The summed E-state index contributed by atoms with van der Waals surface area (Å²) in [6.45, 7) is 3.14. The maximum atomic E-state index is 12.6. The smallest absolute Gasteiger partial charge is 0.331 e. The third-order valence-corrected chi connectivity index (χ3v) is 7.50. The van der Waals surface area contributed by atoms with Crippen LogP contribution < -0.4 is 14.5 Å². The minimum Gasteiger partial charge on any atom is -0.425 e. The molecule has 3 aromatic carbocycles. The van der Waals surface area contributed by atoms with Crippen molar-refractivity contribution in [2.45, 2.75) is 0 Å². The summed E-state index contributed by atoms with van der Waals surface area (Å²) >= 11 is 1.55. The number of nitrogens with zero attached hydrogens (tertiary/aromatic N) is 4. The predicted octanol–water partition coefficient (Wildman–Crippen LogP) is 3.82. The Hall–Kier alpha value is -4.24. The number of ether oxygens (including phenoxy) is 1. The van der Waals surface area contributed by atoms with E-state index in [1.807, 2.05) is 12.1 Å². The first-order chi connectivity index (χ1) is 17.6. The van der Waals surface area contributed by atoms with Crippen LogP contribution in [0.3, 0.4) is 0 Å². The van der Waals surface area contributed by atoms with Gasteiger partial charge in [0, 0.05) is 37.9 Å². The summed E-state index contributed by atoms with van der Waals surface area (Å²) in [7, 11) is 0. The lowest BCUT2D eigenvalue weighted by atomic mass is 10.1. The number of hydrogen-bond acceptors (Lipinski definition) is 8. The van der Waals surface area contributed by atoms with Crippen LogP contribution in [0.5, 0.6) is 5.75 Å². The Kier molecular flexibility index (Phi) is 5.61. The number of aromatic nitrogens is 1. The van der Waals surface area contributed by atoms with E-state index < -0.39 is 24.3 Å². The molecule has 1 aromatic heterocycles. The van der Waals surface area contributed by atoms with E-state index in [0.29, 0.717) is 16.9 Å². The van der Waals surface area contributed by atoms with Gasteiger partial charge >= 0.3 is 5.97 Å². The van der Waals surface area contributed by atoms with Gasteiger partial charge in [-0.25, -0.2) is 9.78 Å². The van der Waals surface area contributed by atoms with Crippen molar-refractivity contribution < 1.29 is 19.1 Å². The number of carbonyl (C=O) groups is 3. The molecule has 0 radical (unpaired) electrons. The van der Waals surface area contributed by atoms with Crippen molar-refractivity contribution >= 4 is 50.2 Å². The molecule has 4 aromatic rings. The van der Waals surface area contributed by atoms with Crippen LogP contribution in [0.15, 0.2) is 72.8 Å². The number of rotatable bonds is 5. The molecule has 2 aliphatic heterocycles. The zero-order valence-corrected chi connectivity index (χ0v) is 20.1. The Morgan fingerprint density at radius 3 is 2.17 bits per heavy atom. The molecular formula is C27H22N4O4S. The Bertz CT molecular complexity index is 1440. The van der Waals surface area contributed by atoms with Gasteiger partial charge in [0.05, 0.1) is 21.3 Å². The first-order valence-corrected chi connectivity index (χ1v) is 12.5. The Labute approximate surface area is 211 Å². The largest absolute Gasteiger partial charge is 0.425 e. The van der Waals surface area contributed by atoms with Gasteiger partial charge in [0.25, 0.3) is 11.8 Å². The third kappa shape index (κ3) is 4.07. The summed E-state index contributed by atoms with van der Waals surface area (Å²) in [6.07, 6.45) is 0. The summed E-state index contributed by atoms with van der Waals surface area (Å²) in [5.41, 5.74) is 2.67. The van der Waals surface area contributed by atoms with Crippen molar-refractivity contribution in [3.63, 3.8) is 0 Å². The fourth-order valence-electron chi connectivity index (χ4n) is 4.56. The van der Waals surface area contributed by atoms with E-state index in [1.165, 1.54) is 5.69 Å². The van der Waals surface area contributed by atoms with E-state index in [0.717, 1.165) is 46.4 Å². The molecule has 6 rings (SSSR count). The second-order valence-corrected chi connectivity index (χ2v) is 9.66. The summed E-state index contributed by atoms with van der Waals surface area (Å²) < 4.78 is 6.38. The molecule has 0 aliphatic carbocycles. The topological polar surface area (TPSA) is 83.0 Å². The van der Waals surface area contributed by atoms with Crippen LogP contribution >= 0.6 is 11.3 Å². The number of thiazole rings is 1. The normalized spacial score (nSPS) is 15.5. The highest BCUT2D eigenvalue weighted by Gasteiger charge is 2.36. The minimum atomic E-state index is -0.675. The van der Waals surface area contributed by atoms with Crippen molar-refractivity contribution in [2.75, 3.05) is 42.5 Å². The van der Waals surface area contributed by atoms with Crippen LogP contribution in [-0.2, 0) is 4.79 Å². The quantitative estimate of drug-likeness (QED) is 0.235. The number of esters is 1. The van der Waals surface area contributed by atoms with Crippen LogP contribution in [0.2, 0.25) is 0 Å². The van der Waals surface area contributed by atoms with Crippen molar-refractivity contribution in [1.29, 1.82) is 0 Å². The molecular weight excluding hydrogens is 476 g/mol. The highest BCUT2D eigenvalue weighted by Crippen LogP contribution is 2.32. The molecule has 0 bridgehead atoms. The van der Waals surface area contributed by atoms with Crippen molar-refractivity contribution in [1.82, 2.24) is 9.88 Å². The van der Waals surface area contributed by atoms with Crippen molar-refractivity contribution in [3.8, 4) is 5.75 Å². The van der Waals surface area contributed by atoms with Crippen LogP contribution in [0.25, 0.3) is 10.2 Å². The predicted molar refractivity (Wildman–Crippen MR) is 138 cm³/mol. The lowest BCUT2D eigenvalue weighted by Gasteiger charge is -2.35. The average Bonchev–Trinajstić information content (AvgIpc) is 3.44. The number of benzene rings is 3. The number of piperazine rings is 1. The van der Waals surface area contributed by atoms with Crippen LogP contribution in [0, 0.1) is 0 Å². The molecule has 3 heterocycles. The Morgan fingerprint density at radius 2 is 1.47 bits per heavy atom. The first kappa shape index (κ1) is 22.2. The summed E-state index contributed by atoms with van der Waals surface area (Å²) in [4.78, 5) is 47.9. The molecule has 36 heavy (non-hydrogen) atoms. The van der Waals surface area contributed by atoms with Crippen LogP contribution in [0.1, 0.15) is 20.7 Å². The molecule has 1 fully saturated rings. The number of amides is 2. The van der Waals surface area contributed by atoms with Crippen LogP contribution in [-0.4, -0.2) is 60.4 Å². The zero-order chi connectivity index (χ0) is 24.6. The highest BCUT2D eigenvalue weighted by atomic mass is 32.1. The molecule has 0 saturated carbocycles. The highest BCUT2D eigenvalue weighted by molar-refractivity contribution is 7.22. The number of anilines is 2.